The lowest BCUT2D eigenvalue weighted by Gasteiger charge is -2.39. The number of rotatable bonds is 1. The van der Waals surface area contributed by atoms with Crippen LogP contribution in [0.15, 0.2) is 0 Å². The van der Waals surface area contributed by atoms with E-state index in [1.807, 2.05) is 0 Å². The molecule has 13 heavy (non-hydrogen) atoms. The summed E-state index contributed by atoms with van der Waals surface area (Å²) in [5.74, 6) is 0.736. The molecule has 0 aromatic heterocycles. The van der Waals surface area contributed by atoms with Crippen molar-refractivity contribution >= 4 is 0 Å². The Morgan fingerprint density at radius 1 is 1.38 bits per heavy atom. The van der Waals surface area contributed by atoms with E-state index in [0.717, 1.165) is 31.8 Å². The minimum absolute atomic E-state index is 0.135. The number of nitrogens with zero attached hydrogens (tertiary/aromatic N) is 1. The van der Waals surface area contributed by atoms with E-state index in [0.29, 0.717) is 0 Å². The third-order valence-corrected chi connectivity index (χ3v) is 3.74. The summed E-state index contributed by atoms with van der Waals surface area (Å²) in [5.41, 5.74) is 6.59. The van der Waals surface area contributed by atoms with Crippen LogP contribution in [-0.2, 0) is 0 Å². The van der Waals surface area contributed by atoms with Gasteiger partial charge in [0.1, 0.15) is 0 Å². The summed E-state index contributed by atoms with van der Waals surface area (Å²) in [6, 6.07) is 0. The number of nitrogens with one attached hydrogen (secondary N) is 1. The van der Waals surface area contributed by atoms with Crippen LogP contribution in [0.1, 0.15) is 19.3 Å². The van der Waals surface area contributed by atoms with Crippen LogP contribution in [-0.4, -0.2) is 43.7 Å². The first kappa shape index (κ1) is 9.44. The quantitative estimate of drug-likeness (QED) is 0.602. The maximum absolute atomic E-state index is 6.46. The fraction of sp³-hybridized carbons (Fsp3) is 1.00. The Morgan fingerprint density at radius 3 is 2.62 bits per heavy atom. The van der Waals surface area contributed by atoms with Gasteiger partial charge >= 0.3 is 0 Å². The molecule has 0 spiro atoms. The van der Waals surface area contributed by atoms with Crippen molar-refractivity contribution in [3.05, 3.63) is 0 Å². The van der Waals surface area contributed by atoms with E-state index in [1.54, 1.807) is 0 Å². The zero-order chi connectivity index (χ0) is 9.31. The van der Waals surface area contributed by atoms with Gasteiger partial charge in [-0.1, -0.05) is 0 Å². The van der Waals surface area contributed by atoms with Crippen LogP contribution in [0.4, 0.5) is 0 Å². The summed E-state index contributed by atoms with van der Waals surface area (Å²) >= 11 is 0. The fourth-order valence-electron chi connectivity index (χ4n) is 2.70. The van der Waals surface area contributed by atoms with Crippen LogP contribution < -0.4 is 11.1 Å². The Hall–Kier alpha value is -0.120. The third kappa shape index (κ3) is 1.87. The molecular formula is C10H21N3. The first-order valence-electron chi connectivity index (χ1n) is 5.39. The normalized spacial score (nSPS) is 35.1. The molecule has 3 nitrogen and oxygen atoms in total. The molecule has 3 N–H and O–H groups in total. The Kier molecular flexibility index (Phi) is 2.58. The highest BCUT2D eigenvalue weighted by Gasteiger charge is 2.38. The van der Waals surface area contributed by atoms with Gasteiger partial charge in [0, 0.05) is 12.1 Å². The average Bonchev–Trinajstić information content (AvgIpc) is 2.54. The molecular weight excluding hydrogens is 162 g/mol. The van der Waals surface area contributed by atoms with Gasteiger partial charge in [0.05, 0.1) is 0 Å². The molecule has 2 fully saturated rings. The molecule has 2 rings (SSSR count). The van der Waals surface area contributed by atoms with Gasteiger partial charge in [-0.05, 0) is 51.9 Å². The summed E-state index contributed by atoms with van der Waals surface area (Å²) in [7, 11) is 2.20. The summed E-state index contributed by atoms with van der Waals surface area (Å²) in [6.07, 6.45) is 3.62. The molecule has 2 heterocycles. The Morgan fingerprint density at radius 2 is 2.08 bits per heavy atom. The molecule has 0 bridgehead atoms. The molecule has 0 aromatic carbocycles. The molecule has 2 aliphatic rings. The van der Waals surface area contributed by atoms with Crippen molar-refractivity contribution in [2.75, 3.05) is 33.2 Å². The Balaban J connectivity index is 1.97. The predicted octanol–water partition coefficient (Wildman–Crippen LogP) is 0.0190. The second kappa shape index (κ2) is 3.56. The van der Waals surface area contributed by atoms with Gasteiger partial charge in [-0.25, -0.2) is 0 Å². The molecule has 1 unspecified atom stereocenters. The second-order valence-electron chi connectivity index (χ2n) is 4.73. The second-order valence-corrected chi connectivity index (χ2v) is 4.73. The van der Waals surface area contributed by atoms with Crippen molar-refractivity contribution in [2.45, 2.75) is 24.8 Å². The number of likely N-dealkylation sites (tertiary alicyclic amines) is 1. The molecule has 2 saturated heterocycles. The van der Waals surface area contributed by atoms with Crippen molar-refractivity contribution in [2.24, 2.45) is 11.7 Å². The minimum atomic E-state index is 0.135. The SMILES string of the molecule is CN1CCC(C2(N)CCNCC2)C1. The van der Waals surface area contributed by atoms with Gasteiger partial charge in [-0.3, -0.25) is 0 Å². The third-order valence-electron chi connectivity index (χ3n) is 3.74. The standard InChI is InChI=1S/C10H21N3/c1-13-7-2-9(8-13)10(11)3-5-12-6-4-10/h9,12H,2-8,11H2,1H3. The maximum Gasteiger partial charge on any atom is 0.0219 e. The minimum Gasteiger partial charge on any atom is -0.325 e. The summed E-state index contributed by atoms with van der Waals surface area (Å²) in [5, 5.41) is 3.38. The highest BCUT2D eigenvalue weighted by atomic mass is 15.1. The van der Waals surface area contributed by atoms with Crippen LogP contribution in [0.5, 0.6) is 0 Å². The van der Waals surface area contributed by atoms with Gasteiger partial charge in [0.2, 0.25) is 0 Å². The molecule has 2 aliphatic heterocycles. The van der Waals surface area contributed by atoms with Crippen molar-refractivity contribution < 1.29 is 0 Å². The van der Waals surface area contributed by atoms with Crippen LogP contribution in [0.2, 0.25) is 0 Å². The first-order valence-corrected chi connectivity index (χ1v) is 5.39. The van der Waals surface area contributed by atoms with E-state index in [-0.39, 0.29) is 5.54 Å². The molecule has 0 radical (unpaired) electrons. The fourth-order valence-corrected chi connectivity index (χ4v) is 2.70. The molecule has 0 amide bonds. The predicted molar refractivity (Wildman–Crippen MR) is 54.6 cm³/mol. The highest BCUT2D eigenvalue weighted by molar-refractivity contribution is 4.98. The largest absolute Gasteiger partial charge is 0.325 e. The lowest BCUT2D eigenvalue weighted by atomic mass is 9.77. The van der Waals surface area contributed by atoms with E-state index in [1.165, 1.54) is 19.5 Å². The van der Waals surface area contributed by atoms with E-state index in [9.17, 15) is 0 Å². The highest BCUT2D eigenvalue weighted by Crippen LogP contribution is 2.31. The molecule has 76 valence electrons. The smallest absolute Gasteiger partial charge is 0.0219 e. The number of hydrogen-bond acceptors (Lipinski definition) is 3. The molecule has 0 saturated carbocycles. The molecule has 1 atom stereocenters. The Bertz CT molecular complexity index is 175. The van der Waals surface area contributed by atoms with Crippen LogP contribution in [0.25, 0.3) is 0 Å². The topological polar surface area (TPSA) is 41.3 Å². The zero-order valence-corrected chi connectivity index (χ0v) is 8.55. The summed E-state index contributed by atoms with van der Waals surface area (Å²) < 4.78 is 0. The van der Waals surface area contributed by atoms with Gasteiger partial charge in [0.15, 0.2) is 0 Å². The monoisotopic (exact) mass is 183 g/mol. The van der Waals surface area contributed by atoms with Crippen LogP contribution in [0, 0.1) is 5.92 Å². The molecule has 0 aromatic rings. The number of hydrogen-bond donors (Lipinski definition) is 2. The summed E-state index contributed by atoms with van der Waals surface area (Å²) in [6.45, 7) is 4.65. The van der Waals surface area contributed by atoms with E-state index >= 15 is 0 Å². The lowest BCUT2D eigenvalue weighted by molar-refractivity contribution is 0.207. The van der Waals surface area contributed by atoms with E-state index in [2.05, 4.69) is 17.3 Å². The van der Waals surface area contributed by atoms with Crippen LogP contribution in [0.3, 0.4) is 0 Å². The van der Waals surface area contributed by atoms with E-state index < -0.39 is 0 Å². The maximum atomic E-state index is 6.46. The molecule has 0 aliphatic carbocycles. The van der Waals surface area contributed by atoms with Crippen molar-refractivity contribution in [1.29, 1.82) is 0 Å². The lowest BCUT2D eigenvalue weighted by Crippen LogP contribution is -2.54. The van der Waals surface area contributed by atoms with Crippen molar-refractivity contribution in [1.82, 2.24) is 10.2 Å². The van der Waals surface area contributed by atoms with Gasteiger partial charge in [-0.2, -0.15) is 0 Å². The van der Waals surface area contributed by atoms with Crippen LogP contribution >= 0.6 is 0 Å². The van der Waals surface area contributed by atoms with Crippen molar-refractivity contribution in [3.8, 4) is 0 Å². The molecule has 3 heteroatoms. The Labute approximate surface area is 80.7 Å². The first-order chi connectivity index (χ1) is 6.21. The number of piperidine rings is 1. The van der Waals surface area contributed by atoms with Gasteiger partial charge in [0.25, 0.3) is 0 Å². The average molecular weight is 183 g/mol. The van der Waals surface area contributed by atoms with Crippen molar-refractivity contribution in [3.63, 3.8) is 0 Å². The zero-order valence-electron chi connectivity index (χ0n) is 8.55. The van der Waals surface area contributed by atoms with Gasteiger partial charge < -0.3 is 16.0 Å². The van der Waals surface area contributed by atoms with Gasteiger partial charge in [-0.15, -0.1) is 0 Å². The van der Waals surface area contributed by atoms with E-state index in [4.69, 9.17) is 5.73 Å². The summed E-state index contributed by atoms with van der Waals surface area (Å²) in [4.78, 5) is 2.40. The number of nitrogens with two attached hydrogens (primary N) is 1.